The highest BCUT2D eigenvalue weighted by Gasteiger charge is 2.74. The second-order valence-corrected chi connectivity index (χ2v) is 31.7. The first kappa shape index (κ1) is 53.8. The molecule has 0 spiro atoms. The molecular weight excluding hydrogens is 925 g/mol. The fourth-order valence-electron chi connectivity index (χ4n) is 22.7. The number of allylic oxidation sites excluding steroid dienone is 2. The Morgan fingerprint density at radius 2 is 1.07 bits per heavy atom. The molecule has 10 aliphatic carbocycles. The molecule has 10 heteroatoms. The minimum Gasteiger partial charge on any atom is -0.481 e. The number of Topliss-reactive ketones (excluding diaryl/α,β-unsaturated/α-hetero) is 3. The zero-order valence-electron chi connectivity index (χ0n) is 47.9. The molecule has 0 radical (unpaired) electrons. The van der Waals surface area contributed by atoms with Gasteiger partial charge in [-0.2, -0.15) is 0 Å². The predicted octanol–water partition coefficient (Wildman–Crippen LogP) is 14.3. The summed E-state index contributed by atoms with van der Waals surface area (Å²) >= 11 is 0. The van der Waals surface area contributed by atoms with E-state index in [1.807, 2.05) is 26.1 Å². The summed E-state index contributed by atoms with van der Waals surface area (Å²) in [7, 11) is 0. The van der Waals surface area contributed by atoms with Crippen LogP contribution in [0.1, 0.15) is 224 Å². The van der Waals surface area contributed by atoms with Gasteiger partial charge in [-0.15, -0.1) is 0 Å². The summed E-state index contributed by atoms with van der Waals surface area (Å²) in [5, 5.41) is 24.1. The van der Waals surface area contributed by atoms with Crippen LogP contribution in [-0.2, 0) is 35.8 Å². The van der Waals surface area contributed by atoms with Gasteiger partial charge in [0.2, 0.25) is 5.70 Å². The van der Waals surface area contributed by atoms with E-state index in [1.165, 1.54) is 5.56 Å². The van der Waals surface area contributed by atoms with Crippen LogP contribution in [0.4, 0.5) is 0 Å². The molecule has 8 fully saturated rings. The molecule has 1 aromatic heterocycles. The molecule has 10 nitrogen and oxygen atoms in total. The summed E-state index contributed by atoms with van der Waals surface area (Å²) in [6.07, 6.45) is 19.9. The molecule has 8 saturated carbocycles. The first-order chi connectivity index (χ1) is 34.1. The van der Waals surface area contributed by atoms with Gasteiger partial charge in [-0.1, -0.05) is 108 Å². The molecule has 11 rings (SSSR count). The fraction of sp³-hybridized carbons (Fsp3) is 0.828. The Morgan fingerprint density at radius 1 is 0.608 bits per heavy atom. The van der Waals surface area contributed by atoms with E-state index in [4.69, 9.17) is 11.1 Å². The number of carbonyl (C=O) groups excluding carboxylic acids is 3. The molecule has 1 heterocycles. The number of aromatic nitrogens is 1. The molecule has 1 aromatic rings. The number of ketones is 3. The molecule has 0 amide bonds. The number of hydrogen-bond acceptors (Lipinski definition) is 7. The highest BCUT2D eigenvalue weighted by molar-refractivity contribution is 6.02. The maximum Gasteiger partial charge on any atom is 0.303 e. The van der Waals surface area contributed by atoms with E-state index < -0.39 is 22.8 Å². The minimum atomic E-state index is -0.736. The van der Waals surface area contributed by atoms with Crippen molar-refractivity contribution in [2.24, 2.45) is 107 Å². The molecule has 406 valence electrons. The molecule has 2 N–H and O–H groups in total. The average Bonchev–Trinajstić information content (AvgIpc) is 3.76. The quantitative estimate of drug-likeness (QED) is 0.280. The van der Waals surface area contributed by atoms with E-state index in [9.17, 15) is 34.2 Å². The Bertz CT molecular complexity index is 2650. The monoisotopic (exact) mass is 1020 g/mol. The van der Waals surface area contributed by atoms with Gasteiger partial charge >= 0.3 is 11.9 Å². The van der Waals surface area contributed by atoms with Crippen molar-refractivity contribution < 1.29 is 38.7 Å². The lowest BCUT2D eigenvalue weighted by molar-refractivity contribution is -0.229. The van der Waals surface area contributed by atoms with Crippen LogP contribution in [0.15, 0.2) is 22.5 Å². The van der Waals surface area contributed by atoms with Crippen LogP contribution in [0.2, 0.25) is 0 Å². The van der Waals surface area contributed by atoms with Crippen molar-refractivity contribution in [1.82, 2.24) is 5.16 Å². The highest BCUT2D eigenvalue weighted by Crippen LogP contribution is 2.78. The number of fused-ring (bicyclic) bond motifs is 15. The normalized spacial score (nSPS) is 47.7. The van der Waals surface area contributed by atoms with Crippen LogP contribution in [0.5, 0.6) is 0 Å². The van der Waals surface area contributed by atoms with Gasteiger partial charge in [0, 0.05) is 41.1 Å². The molecular formula is C64H92N2O8. The van der Waals surface area contributed by atoms with E-state index in [0.29, 0.717) is 36.2 Å². The van der Waals surface area contributed by atoms with Crippen molar-refractivity contribution in [3.63, 3.8) is 0 Å². The number of aliphatic carboxylic acids is 2. The summed E-state index contributed by atoms with van der Waals surface area (Å²) in [5.74, 6) is 1.37. The van der Waals surface area contributed by atoms with Crippen molar-refractivity contribution in [2.45, 2.75) is 224 Å². The zero-order chi connectivity index (χ0) is 54.2. The van der Waals surface area contributed by atoms with Crippen molar-refractivity contribution >= 4 is 29.3 Å². The van der Waals surface area contributed by atoms with Crippen LogP contribution in [0, 0.1) is 113 Å². The largest absolute Gasteiger partial charge is 0.481 e. The molecule has 74 heavy (non-hydrogen) atoms. The zero-order valence-corrected chi connectivity index (χ0v) is 47.9. The Balaban J connectivity index is 0.000000169. The third-order valence-corrected chi connectivity index (χ3v) is 26.8. The molecule has 10 aliphatic rings. The van der Waals surface area contributed by atoms with E-state index in [2.05, 4.69) is 93.1 Å². The third kappa shape index (κ3) is 7.15. The van der Waals surface area contributed by atoms with Gasteiger partial charge in [0.25, 0.3) is 0 Å². The highest BCUT2D eigenvalue weighted by atomic mass is 16.5. The lowest BCUT2D eigenvalue weighted by Gasteiger charge is -2.72. The third-order valence-electron chi connectivity index (χ3n) is 26.8. The Hall–Kier alpha value is -3.61. The summed E-state index contributed by atoms with van der Waals surface area (Å²) in [6, 6.07) is 0. The van der Waals surface area contributed by atoms with Crippen LogP contribution in [0.3, 0.4) is 0 Å². The van der Waals surface area contributed by atoms with Crippen molar-refractivity contribution in [2.75, 3.05) is 0 Å². The first-order valence-electron chi connectivity index (χ1n) is 29.2. The van der Waals surface area contributed by atoms with E-state index in [0.717, 1.165) is 102 Å². The Morgan fingerprint density at radius 3 is 1.55 bits per heavy atom. The minimum absolute atomic E-state index is 0.0140. The van der Waals surface area contributed by atoms with Crippen LogP contribution in [0.25, 0.3) is 4.85 Å². The standard InChI is InChI=1S/C32H47NO4.C32H45NO4/c1-27(2)10-12-32(17-24(35)36)13-11-31(7)25(20(32)16-27)21(34)14-23-29(5)15-19-18-33-37-26(19)28(3,4)22(29)8-9-30(23,31)6;1-27(2)11-13-32(18-24(35)36)14-12-31(7)25(19(32)16-27)21(34)15-23-29(5)17-20(33-8)26(37)28(3,4)22(29)9-10-30(23,31)6/h18,20,22-23,25H,8-17H2,1-7H3,(H,35,36);17,19,22-23,25H,9-16,18H2,1-7H3,(H,35,36)/t20-,22-,23+,25-,29-,30+,31+,32+;19-,22-,23+,25-,29-,30+,31+,32+/m00/s1. The van der Waals surface area contributed by atoms with Gasteiger partial charge in [-0.3, -0.25) is 19.2 Å². The lowest BCUT2D eigenvalue weighted by atomic mass is 9.31. The predicted molar refractivity (Wildman–Crippen MR) is 284 cm³/mol. The average molecular weight is 1020 g/mol. The van der Waals surface area contributed by atoms with E-state index in [-0.39, 0.29) is 114 Å². The summed E-state index contributed by atoms with van der Waals surface area (Å²) in [5.41, 5.74) is -0.270. The van der Waals surface area contributed by atoms with Gasteiger partial charge in [-0.25, -0.2) is 4.85 Å². The number of nitrogens with zero attached hydrogens (tertiary/aromatic N) is 2. The second-order valence-electron chi connectivity index (χ2n) is 31.7. The maximum atomic E-state index is 14.5. The van der Waals surface area contributed by atoms with Crippen molar-refractivity contribution in [3.8, 4) is 0 Å². The van der Waals surface area contributed by atoms with Crippen LogP contribution < -0.4 is 0 Å². The van der Waals surface area contributed by atoms with Crippen LogP contribution >= 0.6 is 0 Å². The SMILES string of the molecule is CC1(C)CC[C@]2(CC(=O)O)CC[C@]3(C)[C@H](C(=O)C[C@@H]4[C@@]5(C)Cc6cnoc6C(C)(C)[C@@H]5CC[C@]43C)[C@@H]2C1.[C-]#[N+]C1=C[C@]2(C)[C@H]3CC(=O)[C@@H]4[C@@H]5CC(C)(C)CC[C@]5(CC(=O)O)CC[C@@]4(C)[C@]3(C)CC[C@H]2C(C)(C)C1=O. The molecule has 0 saturated heterocycles. The number of rotatable bonds is 4. The Labute approximate surface area is 443 Å². The van der Waals surface area contributed by atoms with E-state index >= 15 is 0 Å². The first-order valence-corrected chi connectivity index (χ1v) is 29.2. The van der Waals surface area contributed by atoms with Gasteiger partial charge in [0.1, 0.15) is 17.3 Å². The molecule has 0 aliphatic heterocycles. The maximum absolute atomic E-state index is 14.5. The second kappa shape index (κ2) is 16.5. The summed E-state index contributed by atoms with van der Waals surface area (Å²) < 4.78 is 5.81. The number of carboxylic acids is 2. The molecule has 16 atom stereocenters. The van der Waals surface area contributed by atoms with E-state index in [1.54, 1.807) is 0 Å². The van der Waals surface area contributed by atoms with Crippen LogP contribution in [-0.4, -0.2) is 44.7 Å². The fourth-order valence-corrected chi connectivity index (χ4v) is 22.7. The van der Waals surface area contributed by atoms with Gasteiger partial charge in [0.05, 0.1) is 25.6 Å². The lowest BCUT2D eigenvalue weighted by Crippen LogP contribution is -2.69. The van der Waals surface area contributed by atoms with Gasteiger partial charge < -0.3 is 19.5 Å². The number of hydrogen-bond donors (Lipinski definition) is 2. The van der Waals surface area contributed by atoms with Gasteiger partial charge in [-0.05, 0) is 186 Å². The number of carbonyl (C=O) groups is 5. The smallest absolute Gasteiger partial charge is 0.303 e. The van der Waals surface area contributed by atoms with Crippen molar-refractivity contribution in [3.05, 3.63) is 40.7 Å². The molecule has 0 unspecified atom stereocenters. The number of carboxylic acid groups (broad SMARTS) is 2. The Kier molecular flexibility index (Phi) is 12.0. The van der Waals surface area contributed by atoms with Gasteiger partial charge in [0.15, 0.2) is 5.78 Å². The summed E-state index contributed by atoms with van der Waals surface area (Å²) in [6.45, 7) is 40.0. The summed E-state index contributed by atoms with van der Waals surface area (Å²) in [4.78, 5) is 70.1. The molecule has 0 bridgehead atoms. The molecule has 0 aromatic carbocycles. The topological polar surface area (TPSA) is 156 Å². The van der Waals surface area contributed by atoms with Crippen molar-refractivity contribution in [1.29, 1.82) is 0 Å².